The van der Waals surface area contributed by atoms with E-state index in [1.807, 2.05) is 37.4 Å². The van der Waals surface area contributed by atoms with Crippen molar-refractivity contribution in [2.24, 2.45) is 0 Å². The van der Waals surface area contributed by atoms with E-state index in [-0.39, 0.29) is 18.9 Å². The molecule has 1 atom stereocenters. The average molecular weight is 464 g/mol. The molecule has 1 aliphatic heterocycles. The molecule has 1 fully saturated rings. The maximum absolute atomic E-state index is 13.3. The first kappa shape index (κ1) is 22.5. The molecule has 4 amide bonds. The van der Waals surface area contributed by atoms with E-state index in [1.165, 1.54) is 21.1 Å². The molecule has 2 heterocycles. The van der Waals surface area contributed by atoms with E-state index in [0.717, 1.165) is 10.4 Å². The first-order chi connectivity index (χ1) is 16.0. The summed E-state index contributed by atoms with van der Waals surface area (Å²) in [5.74, 6) is -0.0282. The van der Waals surface area contributed by atoms with Crippen LogP contribution in [-0.4, -0.2) is 35.4 Å². The Balaban J connectivity index is 1.54. The predicted octanol–water partition coefficient (Wildman–Crippen LogP) is 4.82. The van der Waals surface area contributed by atoms with Gasteiger partial charge in [-0.3, -0.25) is 9.59 Å². The number of nitrogens with zero attached hydrogens (tertiary/aromatic N) is 2. The first-order valence-corrected chi connectivity index (χ1v) is 11.6. The second kappa shape index (κ2) is 9.87. The number of thiophene rings is 1. The number of urea groups is 1. The number of carbonyl (C=O) groups excluding carboxylic acids is 3. The van der Waals surface area contributed by atoms with Gasteiger partial charge in [-0.2, -0.15) is 0 Å². The van der Waals surface area contributed by atoms with Gasteiger partial charge in [-0.05, 0) is 67.3 Å². The molecule has 0 unspecified atom stereocenters. The van der Waals surface area contributed by atoms with Gasteiger partial charge >= 0.3 is 6.03 Å². The highest BCUT2D eigenvalue weighted by atomic mass is 32.1. The molecule has 170 valence electrons. The molecular formula is C25H25N3O4S. The van der Waals surface area contributed by atoms with Gasteiger partial charge in [-0.15, -0.1) is 11.3 Å². The van der Waals surface area contributed by atoms with Crippen LogP contribution >= 0.6 is 11.3 Å². The standard InChI is InChI=1S/C25H25N3O4S/c1-3-32-20-11-9-18(10-12-20)26-23(29)15-22-24(30)28(19-7-4-6-17(2)14-19)25(31)27(22)16-21-8-5-13-33-21/h4-14,22H,3,15-16H2,1-2H3,(H,26,29)/t22-/m0/s1. The normalized spacial score (nSPS) is 15.8. The summed E-state index contributed by atoms with van der Waals surface area (Å²) in [5, 5.41) is 4.74. The molecule has 0 aliphatic carbocycles. The summed E-state index contributed by atoms with van der Waals surface area (Å²) >= 11 is 1.51. The number of aryl methyl sites for hydroxylation is 1. The molecule has 1 aliphatic rings. The Kier molecular flexibility index (Phi) is 6.74. The van der Waals surface area contributed by atoms with Gasteiger partial charge < -0.3 is 15.0 Å². The number of hydrogen-bond acceptors (Lipinski definition) is 5. The number of benzene rings is 2. The van der Waals surface area contributed by atoms with E-state index in [9.17, 15) is 14.4 Å². The minimum atomic E-state index is -0.886. The highest BCUT2D eigenvalue weighted by Crippen LogP contribution is 2.30. The number of rotatable bonds is 8. The van der Waals surface area contributed by atoms with Crippen LogP contribution in [0.25, 0.3) is 0 Å². The van der Waals surface area contributed by atoms with E-state index < -0.39 is 18.0 Å². The third-order valence-electron chi connectivity index (χ3n) is 5.31. The topological polar surface area (TPSA) is 79.0 Å². The van der Waals surface area contributed by atoms with Crippen LogP contribution in [0, 0.1) is 6.92 Å². The lowest BCUT2D eigenvalue weighted by atomic mass is 10.1. The SMILES string of the molecule is CCOc1ccc(NC(=O)C[C@H]2C(=O)N(c3cccc(C)c3)C(=O)N2Cc2cccs2)cc1. The number of anilines is 2. The minimum absolute atomic E-state index is 0.133. The highest BCUT2D eigenvalue weighted by Gasteiger charge is 2.46. The fourth-order valence-electron chi connectivity index (χ4n) is 3.78. The molecule has 3 aromatic rings. The number of nitrogens with one attached hydrogen (secondary N) is 1. The van der Waals surface area contributed by atoms with Crippen LogP contribution in [0.4, 0.5) is 16.2 Å². The summed E-state index contributed by atoms with van der Waals surface area (Å²) in [6, 6.07) is 16.8. The Labute approximate surface area is 196 Å². The van der Waals surface area contributed by atoms with E-state index >= 15 is 0 Å². The van der Waals surface area contributed by atoms with Crippen LogP contribution < -0.4 is 15.0 Å². The zero-order chi connectivity index (χ0) is 23.4. The quantitative estimate of drug-likeness (QED) is 0.486. The molecule has 1 saturated heterocycles. The molecule has 2 aromatic carbocycles. The number of ether oxygens (including phenoxy) is 1. The van der Waals surface area contributed by atoms with Gasteiger partial charge in [0.2, 0.25) is 5.91 Å². The zero-order valence-corrected chi connectivity index (χ0v) is 19.3. The fraction of sp³-hybridized carbons (Fsp3) is 0.240. The van der Waals surface area contributed by atoms with Crippen molar-refractivity contribution in [1.29, 1.82) is 0 Å². The van der Waals surface area contributed by atoms with Gasteiger partial charge in [0, 0.05) is 10.6 Å². The third-order valence-corrected chi connectivity index (χ3v) is 6.17. The van der Waals surface area contributed by atoms with Gasteiger partial charge in [0.1, 0.15) is 11.8 Å². The zero-order valence-electron chi connectivity index (χ0n) is 18.5. The lowest BCUT2D eigenvalue weighted by molar-refractivity contribution is -0.124. The summed E-state index contributed by atoms with van der Waals surface area (Å²) < 4.78 is 5.42. The summed E-state index contributed by atoms with van der Waals surface area (Å²) in [4.78, 5) is 43.1. The molecule has 8 heteroatoms. The third kappa shape index (κ3) is 5.06. The largest absolute Gasteiger partial charge is 0.494 e. The lowest BCUT2D eigenvalue weighted by Crippen LogP contribution is -2.37. The van der Waals surface area contributed by atoms with Gasteiger partial charge in [-0.25, -0.2) is 9.69 Å². The first-order valence-electron chi connectivity index (χ1n) is 10.7. The van der Waals surface area contributed by atoms with Crippen LogP contribution in [0.1, 0.15) is 23.8 Å². The second-order valence-corrected chi connectivity index (χ2v) is 8.76. The van der Waals surface area contributed by atoms with Gasteiger partial charge in [0.15, 0.2) is 0 Å². The van der Waals surface area contributed by atoms with E-state index in [4.69, 9.17) is 4.74 Å². The monoisotopic (exact) mass is 463 g/mol. The number of hydrogen-bond donors (Lipinski definition) is 1. The Hall–Kier alpha value is -3.65. The van der Waals surface area contributed by atoms with E-state index in [0.29, 0.717) is 23.7 Å². The molecule has 4 rings (SSSR count). The van der Waals surface area contributed by atoms with Gasteiger partial charge in [0.05, 0.1) is 25.3 Å². The van der Waals surface area contributed by atoms with Crippen molar-refractivity contribution >= 4 is 40.6 Å². The van der Waals surface area contributed by atoms with Crippen LogP contribution in [-0.2, 0) is 16.1 Å². The van der Waals surface area contributed by atoms with Gasteiger partial charge in [-0.1, -0.05) is 18.2 Å². The number of carbonyl (C=O) groups is 3. The van der Waals surface area contributed by atoms with Crippen LogP contribution in [0.15, 0.2) is 66.0 Å². The molecule has 33 heavy (non-hydrogen) atoms. The minimum Gasteiger partial charge on any atom is -0.494 e. The van der Waals surface area contributed by atoms with Crippen LogP contribution in [0.5, 0.6) is 5.75 Å². The Bertz CT molecular complexity index is 1140. The second-order valence-electron chi connectivity index (χ2n) is 7.73. The molecular weight excluding hydrogens is 438 g/mol. The molecule has 0 radical (unpaired) electrons. The number of amides is 4. The van der Waals surface area contributed by atoms with Crippen molar-refractivity contribution in [2.75, 3.05) is 16.8 Å². The summed E-state index contributed by atoms with van der Waals surface area (Å²) in [5.41, 5.74) is 2.05. The predicted molar refractivity (Wildman–Crippen MR) is 129 cm³/mol. The van der Waals surface area contributed by atoms with Crippen molar-refractivity contribution in [3.05, 3.63) is 76.5 Å². The summed E-state index contributed by atoms with van der Waals surface area (Å²) in [6.45, 7) is 4.63. The molecule has 0 spiro atoms. The summed E-state index contributed by atoms with van der Waals surface area (Å²) in [6.07, 6.45) is -0.133. The maximum Gasteiger partial charge on any atom is 0.332 e. The maximum atomic E-state index is 13.3. The van der Waals surface area contributed by atoms with Crippen molar-refractivity contribution in [2.45, 2.75) is 32.9 Å². The Morgan fingerprint density at radius 3 is 2.55 bits per heavy atom. The van der Waals surface area contributed by atoms with Gasteiger partial charge in [0.25, 0.3) is 5.91 Å². The summed E-state index contributed by atoms with van der Waals surface area (Å²) in [7, 11) is 0. The Morgan fingerprint density at radius 2 is 1.88 bits per heavy atom. The lowest BCUT2D eigenvalue weighted by Gasteiger charge is -2.21. The van der Waals surface area contributed by atoms with Crippen LogP contribution in [0.3, 0.4) is 0 Å². The molecule has 0 saturated carbocycles. The molecule has 1 N–H and O–H groups in total. The molecule has 7 nitrogen and oxygen atoms in total. The Morgan fingerprint density at radius 1 is 1.09 bits per heavy atom. The smallest absolute Gasteiger partial charge is 0.332 e. The van der Waals surface area contributed by atoms with Crippen molar-refractivity contribution < 1.29 is 19.1 Å². The van der Waals surface area contributed by atoms with Crippen molar-refractivity contribution in [3.63, 3.8) is 0 Å². The highest BCUT2D eigenvalue weighted by molar-refractivity contribution is 7.09. The van der Waals surface area contributed by atoms with Crippen LogP contribution in [0.2, 0.25) is 0 Å². The van der Waals surface area contributed by atoms with E-state index in [1.54, 1.807) is 42.5 Å². The van der Waals surface area contributed by atoms with Crippen molar-refractivity contribution in [3.8, 4) is 5.75 Å². The fourth-order valence-corrected chi connectivity index (χ4v) is 4.48. The van der Waals surface area contributed by atoms with Crippen molar-refractivity contribution in [1.82, 2.24) is 4.90 Å². The molecule has 0 bridgehead atoms. The van der Waals surface area contributed by atoms with E-state index in [2.05, 4.69) is 5.32 Å². The number of imide groups is 1. The molecule has 1 aromatic heterocycles. The average Bonchev–Trinajstić information content (AvgIpc) is 3.38.